The average molecular weight is 428 g/mol. The molecule has 2 atom stereocenters. The minimum absolute atomic E-state index is 0.195. The molecular formula is C22H19Cl2N3O2. The van der Waals surface area contributed by atoms with Crippen LogP contribution in [0.1, 0.15) is 12.8 Å². The third-order valence-corrected chi connectivity index (χ3v) is 6.69. The van der Waals surface area contributed by atoms with Gasteiger partial charge in [0.1, 0.15) is 0 Å². The summed E-state index contributed by atoms with van der Waals surface area (Å²) in [6.07, 6.45) is 2.00. The van der Waals surface area contributed by atoms with E-state index in [1.807, 2.05) is 47.4 Å². The van der Waals surface area contributed by atoms with Crippen LogP contribution >= 0.6 is 23.2 Å². The number of pyridine rings is 1. The van der Waals surface area contributed by atoms with Gasteiger partial charge in [0, 0.05) is 36.9 Å². The minimum Gasteiger partial charge on any atom is -0.362 e. The Hall–Kier alpha value is -2.50. The maximum Gasteiger partial charge on any atom is 0.331 e. The van der Waals surface area contributed by atoms with Crippen LogP contribution in [0.4, 0.5) is 10.5 Å². The van der Waals surface area contributed by atoms with E-state index in [0.29, 0.717) is 28.7 Å². The normalized spacial score (nSPS) is 21.0. The van der Waals surface area contributed by atoms with Crippen molar-refractivity contribution < 1.29 is 4.79 Å². The molecule has 3 aromatic rings. The van der Waals surface area contributed by atoms with Gasteiger partial charge in [0.2, 0.25) is 0 Å². The van der Waals surface area contributed by atoms with Crippen molar-refractivity contribution in [2.45, 2.75) is 24.9 Å². The lowest BCUT2D eigenvalue weighted by Crippen LogP contribution is -2.57. The summed E-state index contributed by atoms with van der Waals surface area (Å²) in [5.74, 6) is 0. The van der Waals surface area contributed by atoms with Gasteiger partial charge in [-0.1, -0.05) is 41.4 Å². The summed E-state index contributed by atoms with van der Waals surface area (Å²) in [7, 11) is 0. The molecule has 2 aliphatic rings. The van der Waals surface area contributed by atoms with Gasteiger partial charge in [0.25, 0.3) is 5.56 Å². The number of carbonyl (C=O) groups excluding carboxylic acids is 1. The number of fused-ring (bicyclic) bond motifs is 3. The van der Waals surface area contributed by atoms with Crippen LogP contribution < -0.4 is 10.5 Å². The van der Waals surface area contributed by atoms with Crippen molar-refractivity contribution in [2.24, 2.45) is 0 Å². The first-order valence-electron chi connectivity index (χ1n) is 9.66. The van der Waals surface area contributed by atoms with Crippen molar-refractivity contribution in [1.82, 2.24) is 9.47 Å². The van der Waals surface area contributed by atoms with Crippen LogP contribution in [0.25, 0.3) is 10.9 Å². The molecule has 2 bridgehead atoms. The van der Waals surface area contributed by atoms with Gasteiger partial charge in [-0.2, -0.15) is 0 Å². The first-order valence-corrected chi connectivity index (χ1v) is 10.4. The predicted molar refractivity (Wildman–Crippen MR) is 116 cm³/mol. The molecule has 2 saturated heterocycles. The number of hydrogen-bond acceptors (Lipinski definition) is 3. The molecule has 0 spiro atoms. The molecule has 2 fully saturated rings. The smallest absolute Gasteiger partial charge is 0.331 e. The van der Waals surface area contributed by atoms with Gasteiger partial charge in [0.15, 0.2) is 0 Å². The number of piperazine rings is 1. The number of aromatic nitrogens is 1. The number of carbonyl (C=O) groups is 1. The van der Waals surface area contributed by atoms with Crippen LogP contribution in [0.3, 0.4) is 0 Å². The molecule has 0 saturated carbocycles. The predicted octanol–water partition coefficient (Wildman–Crippen LogP) is 4.63. The fourth-order valence-corrected chi connectivity index (χ4v) is 4.94. The first-order chi connectivity index (χ1) is 14.0. The maximum absolute atomic E-state index is 13.3. The standard InChI is InChI=1S/C22H19Cl2N3O2/c23-18-9-8-15(11-19(18)24)26-16-6-7-17(26)13-25(12-16)22(29)27-20-4-2-1-3-14(20)5-10-21(27)28/h1-5,8-11,16-17H,6-7,12-13H2. The molecule has 0 radical (unpaired) electrons. The van der Waals surface area contributed by atoms with E-state index in [1.165, 1.54) is 10.6 Å². The van der Waals surface area contributed by atoms with E-state index < -0.39 is 0 Å². The quantitative estimate of drug-likeness (QED) is 0.568. The molecule has 3 heterocycles. The van der Waals surface area contributed by atoms with Crippen LogP contribution in [0.2, 0.25) is 10.0 Å². The Morgan fingerprint density at radius 1 is 0.897 bits per heavy atom. The van der Waals surface area contributed by atoms with Gasteiger partial charge in [-0.15, -0.1) is 0 Å². The van der Waals surface area contributed by atoms with E-state index in [9.17, 15) is 9.59 Å². The van der Waals surface area contributed by atoms with Gasteiger partial charge in [-0.3, -0.25) is 4.79 Å². The van der Waals surface area contributed by atoms with Crippen LogP contribution in [0.5, 0.6) is 0 Å². The highest BCUT2D eigenvalue weighted by atomic mass is 35.5. The van der Waals surface area contributed by atoms with E-state index in [2.05, 4.69) is 4.90 Å². The summed E-state index contributed by atoms with van der Waals surface area (Å²) in [5, 5.41) is 1.94. The van der Waals surface area contributed by atoms with Crippen LogP contribution in [0, 0.1) is 0 Å². The number of halogens is 2. The summed E-state index contributed by atoms with van der Waals surface area (Å²) in [4.78, 5) is 30.0. The number of rotatable bonds is 1. The molecule has 29 heavy (non-hydrogen) atoms. The molecule has 1 amide bonds. The van der Waals surface area contributed by atoms with Crippen LogP contribution in [-0.4, -0.2) is 40.7 Å². The zero-order valence-corrected chi connectivity index (χ0v) is 17.1. The SMILES string of the molecule is O=C(N1CC2CCC(C1)N2c1ccc(Cl)c(Cl)c1)n1c(=O)ccc2ccccc21. The van der Waals surface area contributed by atoms with Gasteiger partial charge in [-0.05, 0) is 48.6 Å². The number of hydrogen-bond donors (Lipinski definition) is 0. The van der Waals surface area contributed by atoms with E-state index in [1.54, 1.807) is 6.07 Å². The number of para-hydroxylation sites is 1. The summed E-state index contributed by atoms with van der Waals surface area (Å²) in [6, 6.07) is 16.5. The van der Waals surface area contributed by atoms with E-state index in [4.69, 9.17) is 23.2 Å². The molecule has 2 unspecified atom stereocenters. The largest absolute Gasteiger partial charge is 0.362 e. The molecule has 2 aliphatic heterocycles. The van der Waals surface area contributed by atoms with Crippen molar-refractivity contribution in [2.75, 3.05) is 18.0 Å². The Kier molecular flexibility index (Phi) is 4.52. The monoisotopic (exact) mass is 427 g/mol. The fraction of sp³-hybridized carbons (Fsp3) is 0.273. The maximum atomic E-state index is 13.3. The van der Waals surface area contributed by atoms with Crippen molar-refractivity contribution in [1.29, 1.82) is 0 Å². The lowest BCUT2D eigenvalue weighted by atomic mass is 10.1. The Bertz CT molecular complexity index is 1160. The average Bonchev–Trinajstić information content (AvgIpc) is 2.98. The third kappa shape index (κ3) is 3.09. The number of anilines is 1. The molecule has 0 N–H and O–H groups in total. The molecule has 148 valence electrons. The Balaban J connectivity index is 1.46. The molecular weight excluding hydrogens is 409 g/mol. The molecule has 0 aliphatic carbocycles. The fourth-order valence-electron chi connectivity index (χ4n) is 4.65. The molecule has 2 aromatic carbocycles. The Morgan fingerprint density at radius 2 is 1.62 bits per heavy atom. The third-order valence-electron chi connectivity index (χ3n) is 5.95. The highest BCUT2D eigenvalue weighted by Crippen LogP contribution is 2.37. The van der Waals surface area contributed by atoms with Crippen LogP contribution in [-0.2, 0) is 0 Å². The van der Waals surface area contributed by atoms with Gasteiger partial charge in [-0.25, -0.2) is 9.36 Å². The zero-order chi connectivity index (χ0) is 20.1. The second kappa shape index (κ2) is 7.08. The first kappa shape index (κ1) is 18.5. The Labute approximate surface area is 178 Å². The zero-order valence-electron chi connectivity index (χ0n) is 15.6. The van der Waals surface area contributed by atoms with E-state index in [0.717, 1.165) is 23.9 Å². The summed E-state index contributed by atoms with van der Waals surface area (Å²) < 4.78 is 1.30. The van der Waals surface area contributed by atoms with Crippen LogP contribution in [0.15, 0.2) is 59.4 Å². The summed E-state index contributed by atoms with van der Waals surface area (Å²) in [5.41, 5.74) is 1.37. The van der Waals surface area contributed by atoms with Crippen molar-refractivity contribution >= 4 is 45.8 Å². The lowest BCUT2D eigenvalue weighted by molar-refractivity contribution is 0.185. The van der Waals surface area contributed by atoms with Crippen molar-refractivity contribution in [3.63, 3.8) is 0 Å². The number of amides is 1. The summed E-state index contributed by atoms with van der Waals surface area (Å²) >= 11 is 12.3. The van der Waals surface area contributed by atoms with E-state index in [-0.39, 0.29) is 23.7 Å². The second-order valence-electron chi connectivity index (χ2n) is 7.64. The van der Waals surface area contributed by atoms with Gasteiger partial charge >= 0.3 is 6.03 Å². The number of nitrogens with zero attached hydrogens (tertiary/aromatic N) is 3. The molecule has 5 nitrogen and oxygen atoms in total. The molecule has 1 aromatic heterocycles. The highest BCUT2D eigenvalue weighted by Gasteiger charge is 2.42. The molecule has 5 rings (SSSR count). The number of likely N-dealkylation sites (tertiary alicyclic amines) is 1. The van der Waals surface area contributed by atoms with Gasteiger partial charge < -0.3 is 9.80 Å². The van der Waals surface area contributed by atoms with Gasteiger partial charge in [0.05, 0.1) is 15.6 Å². The van der Waals surface area contributed by atoms with E-state index >= 15 is 0 Å². The molecule has 7 heteroatoms. The van der Waals surface area contributed by atoms with Crippen molar-refractivity contribution in [3.05, 3.63) is 75.0 Å². The highest BCUT2D eigenvalue weighted by molar-refractivity contribution is 6.42. The van der Waals surface area contributed by atoms with Crippen molar-refractivity contribution in [3.8, 4) is 0 Å². The summed E-state index contributed by atoms with van der Waals surface area (Å²) in [6.45, 7) is 1.15. The minimum atomic E-state index is -0.298. The Morgan fingerprint density at radius 3 is 2.34 bits per heavy atom. The number of benzene rings is 2. The lowest BCUT2D eigenvalue weighted by Gasteiger charge is -2.42. The topological polar surface area (TPSA) is 45.6 Å². The second-order valence-corrected chi connectivity index (χ2v) is 8.46.